The Labute approximate surface area is 55.0 Å². The van der Waals surface area contributed by atoms with Gasteiger partial charge in [0.25, 0.3) is 0 Å². The topological polar surface area (TPSA) is 41.5 Å². The molecule has 3 heteroatoms. The summed E-state index contributed by atoms with van der Waals surface area (Å²) in [4.78, 5) is 0. The summed E-state index contributed by atoms with van der Waals surface area (Å²) in [5.41, 5.74) is 0. The van der Waals surface area contributed by atoms with E-state index in [0.717, 1.165) is 19.7 Å². The van der Waals surface area contributed by atoms with Gasteiger partial charge < -0.3 is 15.2 Å². The molecule has 1 aliphatic heterocycles. The molecule has 0 aromatic rings. The van der Waals surface area contributed by atoms with E-state index in [1.165, 1.54) is 0 Å². The smallest absolute Gasteiger partial charge is 0.0955 e. The van der Waals surface area contributed by atoms with Crippen LogP contribution >= 0.6 is 0 Å². The lowest BCUT2D eigenvalue weighted by atomic mass is 10.2. The van der Waals surface area contributed by atoms with Gasteiger partial charge in [-0.15, -0.1) is 0 Å². The predicted molar refractivity (Wildman–Crippen MR) is 34.3 cm³/mol. The van der Waals surface area contributed by atoms with Crippen molar-refractivity contribution in [3.05, 3.63) is 0 Å². The molecule has 1 heterocycles. The third-order valence-corrected chi connectivity index (χ3v) is 1.49. The minimum atomic E-state index is -0.349. The minimum absolute atomic E-state index is 0.00116. The molecule has 0 aromatic carbocycles. The standard InChI is InChI=1S/C6H13NO2/c1-5(8)6-4-7-2-3-9-6/h5-8H,2-4H2,1H3. The Bertz CT molecular complexity index is 79.1. The normalized spacial score (nSPS) is 32.0. The van der Waals surface area contributed by atoms with Crippen molar-refractivity contribution in [1.82, 2.24) is 5.32 Å². The highest BCUT2D eigenvalue weighted by Gasteiger charge is 2.17. The summed E-state index contributed by atoms with van der Waals surface area (Å²) in [5, 5.41) is 12.1. The summed E-state index contributed by atoms with van der Waals surface area (Å²) >= 11 is 0. The van der Waals surface area contributed by atoms with Gasteiger partial charge in [-0.2, -0.15) is 0 Å². The Balaban J connectivity index is 2.23. The first kappa shape index (κ1) is 6.99. The van der Waals surface area contributed by atoms with Crippen LogP contribution in [0.2, 0.25) is 0 Å². The zero-order chi connectivity index (χ0) is 6.69. The van der Waals surface area contributed by atoms with Crippen molar-refractivity contribution in [2.75, 3.05) is 19.7 Å². The maximum atomic E-state index is 9.01. The molecule has 0 aliphatic carbocycles. The Hall–Kier alpha value is -0.120. The maximum Gasteiger partial charge on any atom is 0.0955 e. The van der Waals surface area contributed by atoms with Gasteiger partial charge in [-0.25, -0.2) is 0 Å². The lowest BCUT2D eigenvalue weighted by molar-refractivity contribution is -0.0445. The summed E-state index contributed by atoms with van der Waals surface area (Å²) in [6, 6.07) is 0. The van der Waals surface area contributed by atoms with Crippen LogP contribution in [-0.4, -0.2) is 37.0 Å². The second kappa shape index (κ2) is 3.15. The zero-order valence-electron chi connectivity index (χ0n) is 5.63. The van der Waals surface area contributed by atoms with Crippen LogP contribution < -0.4 is 5.32 Å². The number of rotatable bonds is 1. The van der Waals surface area contributed by atoms with E-state index in [-0.39, 0.29) is 12.2 Å². The van der Waals surface area contributed by atoms with Crippen molar-refractivity contribution in [3.8, 4) is 0 Å². The highest BCUT2D eigenvalue weighted by atomic mass is 16.5. The van der Waals surface area contributed by atoms with Crippen LogP contribution in [0.5, 0.6) is 0 Å². The van der Waals surface area contributed by atoms with E-state index in [2.05, 4.69) is 5.32 Å². The highest BCUT2D eigenvalue weighted by molar-refractivity contribution is 4.71. The molecule has 9 heavy (non-hydrogen) atoms. The number of aliphatic hydroxyl groups is 1. The third-order valence-electron chi connectivity index (χ3n) is 1.49. The van der Waals surface area contributed by atoms with Crippen molar-refractivity contribution < 1.29 is 9.84 Å². The van der Waals surface area contributed by atoms with Crippen molar-refractivity contribution in [2.45, 2.75) is 19.1 Å². The molecule has 0 amide bonds. The molecule has 0 spiro atoms. The van der Waals surface area contributed by atoms with Crippen LogP contribution in [0.3, 0.4) is 0 Å². The monoisotopic (exact) mass is 131 g/mol. The maximum absolute atomic E-state index is 9.01. The third kappa shape index (κ3) is 1.93. The van der Waals surface area contributed by atoms with E-state index < -0.39 is 0 Å². The fraction of sp³-hybridized carbons (Fsp3) is 1.00. The van der Waals surface area contributed by atoms with Crippen LogP contribution in [0.1, 0.15) is 6.92 Å². The second-order valence-electron chi connectivity index (χ2n) is 2.35. The Morgan fingerprint density at radius 3 is 2.89 bits per heavy atom. The number of morpholine rings is 1. The molecular weight excluding hydrogens is 118 g/mol. The summed E-state index contributed by atoms with van der Waals surface area (Å²) in [6.07, 6.45) is -0.350. The summed E-state index contributed by atoms with van der Waals surface area (Å²) in [5.74, 6) is 0. The first-order valence-electron chi connectivity index (χ1n) is 3.31. The fourth-order valence-electron chi connectivity index (χ4n) is 0.896. The number of ether oxygens (including phenoxy) is 1. The number of hydrogen-bond acceptors (Lipinski definition) is 3. The van der Waals surface area contributed by atoms with Crippen molar-refractivity contribution in [3.63, 3.8) is 0 Å². The van der Waals surface area contributed by atoms with Gasteiger partial charge in [0, 0.05) is 13.1 Å². The largest absolute Gasteiger partial charge is 0.391 e. The molecule has 0 aromatic heterocycles. The van der Waals surface area contributed by atoms with Crippen LogP contribution in [0.4, 0.5) is 0 Å². The molecule has 0 radical (unpaired) electrons. The van der Waals surface area contributed by atoms with Gasteiger partial charge in [0.05, 0.1) is 18.8 Å². The van der Waals surface area contributed by atoms with E-state index in [1.807, 2.05) is 0 Å². The summed E-state index contributed by atoms with van der Waals surface area (Å²) < 4.78 is 5.23. The molecule has 0 bridgehead atoms. The highest BCUT2D eigenvalue weighted by Crippen LogP contribution is 2.00. The molecule has 1 fully saturated rings. The van der Waals surface area contributed by atoms with Gasteiger partial charge in [-0.3, -0.25) is 0 Å². The van der Waals surface area contributed by atoms with Gasteiger partial charge in [0.1, 0.15) is 0 Å². The lowest BCUT2D eigenvalue weighted by Crippen LogP contribution is -2.43. The quantitative estimate of drug-likeness (QED) is 0.497. The molecule has 2 N–H and O–H groups in total. The van der Waals surface area contributed by atoms with Crippen molar-refractivity contribution in [2.24, 2.45) is 0 Å². The predicted octanol–water partition coefficient (Wildman–Crippen LogP) is -0.644. The molecule has 1 saturated heterocycles. The molecule has 3 nitrogen and oxygen atoms in total. The first-order chi connectivity index (χ1) is 4.30. The second-order valence-corrected chi connectivity index (χ2v) is 2.35. The number of hydrogen-bond donors (Lipinski definition) is 2. The molecule has 2 atom stereocenters. The number of aliphatic hydroxyl groups excluding tert-OH is 1. The minimum Gasteiger partial charge on any atom is -0.391 e. The molecule has 1 rings (SSSR count). The average molecular weight is 131 g/mol. The fourth-order valence-corrected chi connectivity index (χ4v) is 0.896. The van der Waals surface area contributed by atoms with Gasteiger partial charge in [-0.05, 0) is 6.92 Å². The molecule has 54 valence electrons. The van der Waals surface area contributed by atoms with Crippen LogP contribution in [0.25, 0.3) is 0 Å². The molecule has 1 aliphatic rings. The van der Waals surface area contributed by atoms with Crippen LogP contribution in [0.15, 0.2) is 0 Å². The number of nitrogens with one attached hydrogen (secondary N) is 1. The average Bonchev–Trinajstić information content (AvgIpc) is 1.90. The van der Waals surface area contributed by atoms with Gasteiger partial charge in [0.15, 0.2) is 0 Å². The Morgan fingerprint density at radius 1 is 1.78 bits per heavy atom. The summed E-state index contributed by atoms with van der Waals surface area (Å²) in [6.45, 7) is 4.15. The summed E-state index contributed by atoms with van der Waals surface area (Å²) in [7, 11) is 0. The van der Waals surface area contributed by atoms with Crippen LogP contribution in [0, 0.1) is 0 Å². The van der Waals surface area contributed by atoms with Gasteiger partial charge in [-0.1, -0.05) is 0 Å². The van der Waals surface area contributed by atoms with Gasteiger partial charge >= 0.3 is 0 Å². The molecule has 2 unspecified atom stereocenters. The van der Waals surface area contributed by atoms with Crippen molar-refractivity contribution >= 4 is 0 Å². The Morgan fingerprint density at radius 2 is 2.56 bits per heavy atom. The molecular formula is C6H13NO2. The zero-order valence-corrected chi connectivity index (χ0v) is 5.63. The Kier molecular flexibility index (Phi) is 2.45. The van der Waals surface area contributed by atoms with Crippen LogP contribution in [-0.2, 0) is 4.74 Å². The van der Waals surface area contributed by atoms with E-state index >= 15 is 0 Å². The van der Waals surface area contributed by atoms with Crippen molar-refractivity contribution in [1.29, 1.82) is 0 Å². The van der Waals surface area contributed by atoms with Gasteiger partial charge in [0.2, 0.25) is 0 Å². The van der Waals surface area contributed by atoms with E-state index in [0.29, 0.717) is 0 Å². The molecule has 0 saturated carbocycles. The van der Waals surface area contributed by atoms with E-state index in [1.54, 1.807) is 6.92 Å². The first-order valence-corrected chi connectivity index (χ1v) is 3.31. The van der Waals surface area contributed by atoms with E-state index in [4.69, 9.17) is 9.84 Å². The lowest BCUT2D eigenvalue weighted by Gasteiger charge is -2.25. The SMILES string of the molecule is CC(O)C1CNCCO1. The van der Waals surface area contributed by atoms with E-state index in [9.17, 15) is 0 Å².